The van der Waals surface area contributed by atoms with Crippen LogP contribution in [0.25, 0.3) is 11.2 Å². The first-order valence-electron chi connectivity index (χ1n) is 12.9. The second-order valence-corrected chi connectivity index (χ2v) is 22.6. The number of aromatic nitrogens is 4. The molecule has 1 fully saturated rings. The molecule has 2 aromatic heterocycles. The van der Waals surface area contributed by atoms with E-state index in [1.54, 1.807) is 6.33 Å². The Morgan fingerprint density at radius 2 is 1.79 bits per heavy atom. The summed E-state index contributed by atoms with van der Waals surface area (Å²) >= 11 is -2.44. The molecule has 0 radical (unpaired) electrons. The maximum atomic E-state index is 11.9. The van der Waals surface area contributed by atoms with E-state index >= 15 is 0 Å². The van der Waals surface area contributed by atoms with Crippen LogP contribution in [0, 0.1) is 0 Å². The summed E-state index contributed by atoms with van der Waals surface area (Å²) in [7, 11) is 0. The predicted octanol–water partition coefficient (Wildman–Crippen LogP) is 5.57. The number of nitrogens with two attached hydrogens (primary N) is 1. The molecule has 0 aliphatic carbocycles. The van der Waals surface area contributed by atoms with Gasteiger partial charge in [0.2, 0.25) is 0 Å². The molecule has 0 aromatic carbocycles. The summed E-state index contributed by atoms with van der Waals surface area (Å²) in [5.74, 6) is 0.00741. The van der Waals surface area contributed by atoms with Crippen LogP contribution in [0.5, 0.6) is 0 Å². The van der Waals surface area contributed by atoms with Crippen LogP contribution in [0.1, 0.15) is 78.9 Å². The summed E-state index contributed by atoms with van der Waals surface area (Å²) in [5.41, 5.74) is 7.08. The van der Waals surface area contributed by atoms with E-state index in [0.29, 0.717) is 23.4 Å². The average Bonchev–Trinajstić information content (AvgIpc) is 3.42. The van der Waals surface area contributed by atoms with Gasteiger partial charge in [-0.3, -0.25) is 0 Å². The van der Waals surface area contributed by atoms with Gasteiger partial charge in [-0.05, 0) is 0 Å². The third kappa shape index (κ3) is 6.71. The Kier molecular flexibility index (Phi) is 10.2. The number of rotatable bonds is 13. The Balaban J connectivity index is 1.86. The van der Waals surface area contributed by atoms with Crippen molar-refractivity contribution in [3.8, 4) is 0 Å². The number of carbonyl (C=O) groups is 1. The van der Waals surface area contributed by atoms with E-state index in [4.69, 9.17) is 15.2 Å². The minimum atomic E-state index is -2.44. The molecule has 2 N–H and O–H groups in total. The van der Waals surface area contributed by atoms with Crippen molar-refractivity contribution < 1.29 is 14.3 Å². The monoisotopic (exact) mass is 579 g/mol. The minimum absolute atomic E-state index is 0.105. The number of unbranched alkanes of at least 4 members (excludes halogenated alkanes) is 3. The van der Waals surface area contributed by atoms with Crippen molar-refractivity contribution in [1.29, 1.82) is 0 Å². The summed E-state index contributed by atoms with van der Waals surface area (Å²) in [4.78, 5) is 24.6. The quantitative estimate of drug-likeness (QED) is 0.245. The topological polar surface area (TPSA) is 105 Å². The van der Waals surface area contributed by atoms with Gasteiger partial charge in [0.05, 0.1) is 0 Å². The van der Waals surface area contributed by atoms with E-state index in [1.807, 2.05) is 4.57 Å². The van der Waals surface area contributed by atoms with Gasteiger partial charge in [-0.25, -0.2) is 0 Å². The molecule has 0 spiro atoms. The fraction of sp³-hybridized carbons (Fsp3) is 0.680. The number of nitrogen functional groups attached to an aromatic ring is 1. The first kappa shape index (κ1) is 26.9. The summed E-state index contributed by atoms with van der Waals surface area (Å²) < 4.78 is 20.8. The van der Waals surface area contributed by atoms with Crippen molar-refractivity contribution >= 4 is 41.3 Å². The van der Waals surface area contributed by atoms with Crippen molar-refractivity contribution in [3.63, 3.8) is 0 Å². The molecule has 0 bridgehead atoms. The molecule has 2 aromatic rings. The molecule has 0 amide bonds. The van der Waals surface area contributed by atoms with Gasteiger partial charge in [0.25, 0.3) is 0 Å². The van der Waals surface area contributed by atoms with Gasteiger partial charge in [0.15, 0.2) is 0 Å². The van der Waals surface area contributed by atoms with E-state index in [2.05, 4.69) is 45.9 Å². The van der Waals surface area contributed by atoms with Crippen LogP contribution in [-0.4, -0.2) is 56.1 Å². The summed E-state index contributed by atoms with van der Waals surface area (Å²) in [6.07, 6.45) is 12.7. The van der Waals surface area contributed by atoms with E-state index < -0.39 is 30.7 Å². The molecule has 3 heterocycles. The second-order valence-electron chi connectivity index (χ2n) is 9.56. The number of nitrogens with zero attached hydrogens (tertiary/aromatic N) is 4. The van der Waals surface area contributed by atoms with Gasteiger partial charge < -0.3 is 0 Å². The number of ether oxygens (including phenoxy) is 2. The van der Waals surface area contributed by atoms with Crippen LogP contribution in [0.15, 0.2) is 22.8 Å². The fourth-order valence-electron chi connectivity index (χ4n) is 4.93. The Morgan fingerprint density at radius 1 is 1.15 bits per heavy atom. The van der Waals surface area contributed by atoms with Gasteiger partial charge in [-0.15, -0.1) is 0 Å². The van der Waals surface area contributed by atoms with Crippen LogP contribution in [-0.2, 0) is 14.3 Å². The number of hydrogen-bond donors (Lipinski definition) is 1. The third-order valence-corrected chi connectivity index (χ3v) is 20.9. The molecule has 9 heteroatoms. The number of carbonyl (C=O) groups excluding carboxylic acids is 1. The first-order valence-corrected chi connectivity index (χ1v) is 20.6. The SMILES string of the molecule is CCC[CH2][Sn](/[CH]=C/[C@@H]1C[C@@H](OC(C)=O)[C@H](n2cnc3c(N)ncnc32)O1)([CH2]CCC)[CH2]CCC. The van der Waals surface area contributed by atoms with Crippen molar-refractivity contribution in [2.45, 2.75) is 104 Å². The van der Waals surface area contributed by atoms with Crippen LogP contribution in [0.3, 0.4) is 0 Å². The number of hydrogen-bond acceptors (Lipinski definition) is 7. The van der Waals surface area contributed by atoms with E-state index in [-0.39, 0.29) is 12.1 Å². The second kappa shape index (κ2) is 12.9. The van der Waals surface area contributed by atoms with E-state index in [1.165, 1.54) is 65.1 Å². The van der Waals surface area contributed by atoms with Crippen LogP contribution < -0.4 is 5.73 Å². The fourth-order valence-corrected chi connectivity index (χ4v) is 19.3. The van der Waals surface area contributed by atoms with Crippen LogP contribution >= 0.6 is 0 Å². The summed E-state index contributed by atoms with van der Waals surface area (Å²) in [5, 5.41) is 0. The molecule has 0 saturated carbocycles. The Morgan fingerprint density at radius 3 is 2.38 bits per heavy atom. The molecular weight excluding hydrogens is 537 g/mol. The third-order valence-electron chi connectivity index (χ3n) is 6.82. The Hall–Kier alpha value is -1.68. The van der Waals surface area contributed by atoms with Crippen molar-refractivity contribution in [2.75, 3.05) is 5.73 Å². The van der Waals surface area contributed by atoms with Gasteiger partial charge in [0, 0.05) is 0 Å². The standard InChI is InChI=1S/C13H14N5O3.3C4H9.Sn/c1-3-8-4-9(20-7(2)19)13(21-8)18-6-17-10-11(14)15-5-16-12(10)18;3*1-3-4-2;/h1,3,5-6,8-9,13H,4H2,2H3,(H2,14,15,16);3*1,3-4H2,2H3;/t8-,9-,13-;;;;/m1..../s1. The van der Waals surface area contributed by atoms with Crippen molar-refractivity contribution in [2.24, 2.45) is 0 Å². The zero-order valence-corrected chi connectivity index (χ0v) is 24.1. The average molecular weight is 578 g/mol. The molecule has 0 unspecified atom stereocenters. The normalized spacial score (nSPS) is 21.0. The Bertz CT molecular complexity index is 941. The summed E-state index contributed by atoms with van der Waals surface area (Å²) in [6, 6.07) is 0. The zero-order valence-electron chi connectivity index (χ0n) is 21.2. The molecule has 1 aliphatic rings. The molecule has 8 nitrogen and oxygen atoms in total. The van der Waals surface area contributed by atoms with Gasteiger partial charge in [0.1, 0.15) is 0 Å². The number of anilines is 1. The van der Waals surface area contributed by atoms with Crippen LogP contribution in [0.2, 0.25) is 13.3 Å². The van der Waals surface area contributed by atoms with Gasteiger partial charge in [-0.2, -0.15) is 0 Å². The first-order chi connectivity index (χ1) is 16.4. The molecule has 34 heavy (non-hydrogen) atoms. The van der Waals surface area contributed by atoms with Crippen molar-refractivity contribution in [1.82, 2.24) is 19.5 Å². The summed E-state index contributed by atoms with van der Waals surface area (Å²) in [6.45, 7) is 8.31. The Labute approximate surface area is 207 Å². The molecular formula is C25H41N5O3Sn. The number of fused-ring (bicyclic) bond motifs is 1. The number of imidazole rings is 1. The predicted molar refractivity (Wildman–Crippen MR) is 138 cm³/mol. The molecule has 3 rings (SSSR count). The molecule has 1 saturated heterocycles. The molecule has 3 atom stereocenters. The molecule has 1 aliphatic heterocycles. The van der Waals surface area contributed by atoms with Crippen molar-refractivity contribution in [3.05, 3.63) is 22.8 Å². The van der Waals surface area contributed by atoms with Crippen LogP contribution in [0.4, 0.5) is 5.82 Å². The maximum absolute atomic E-state index is 11.9. The number of esters is 1. The van der Waals surface area contributed by atoms with Gasteiger partial charge >= 0.3 is 208 Å². The van der Waals surface area contributed by atoms with E-state index in [9.17, 15) is 4.79 Å². The van der Waals surface area contributed by atoms with Gasteiger partial charge in [-0.1, -0.05) is 0 Å². The van der Waals surface area contributed by atoms with E-state index in [0.717, 1.165) is 0 Å². The molecule has 188 valence electrons. The zero-order chi connectivity index (χ0) is 24.6.